The van der Waals surface area contributed by atoms with Gasteiger partial charge in [-0.05, 0) is 17.2 Å². The second-order valence-corrected chi connectivity index (χ2v) is 7.12. The Hall–Kier alpha value is -2.51. The number of nitrogens with zero attached hydrogens (tertiary/aromatic N) is 1. The molecule has 23 heavy (non-hydrogen) atoms. The van der Waals surface area contributed by atoms with Gasteiger partial charge in [0.05, 0.1) is 17.5 Å². The predicted molar refractivity (Wildman–Crippen MR) is 86.5 cm³/mol. The number of fused-ring (bicyclic) bond motifs is 1. The van der Waals surface area contributed by atoms with Crippen molar-refractivity contribution in [2.45, 2.75) is 0 Å². The quantitative estimate of drug-likeness (QED) is 0.849. The summed E-state index contributed by atoms with van der Waals surface area (Å²) in [7, 11) is -3.66. The maximum Gasteiger partial charge on any atom is 0.236 e. The maximum atomic E-state index is 12.4. The third-order valence-electron chi connectivity index (χ3n) is 3.70. The maximum absolute atomic E-state index is 12.4. The van der Waals surface area contributed by atoms with Crippen molar-refractivity contribution in [1.29, 1.82) is 0 Å². The first kappa shape index (κ1) is 15.4. The average molecular weight is 330 g/mol. The lowest BCUT2D eigenvalue weighted by Crippen LogP contribution is -2.24. The molecule has 0 saturated carbocycles. The number of hydrogen-bond acceptors (Lipinski definition) is 5. The first-order chi connectivity index (χ1) is 10.8. The molecule has 0 amide bonds. The monoisotopic (exact) mass is 330 g/mol. The summed E-state index contributed by atoms with van der Waals surface area (Å²) in [6.07, 6.45) is 3.52. The van der Waals surface area contributed by atoms with Crippen molar-refractivity contribution >= 4 is 27.2 Å². The number of aromatic nitrogens is 1. The number of benzene rings is 1. The summed E-state index contributed by atoms with van der Waals surface area (Å²) in [4.78, 5) is 24.3. The minimum atomic E-state index is -3.66. The summed E-state index contributed by atoms with van der Waals surface area (Å²) in [5.74, 6) is -1.42. The van der Waals surface area contributed by atoms with E-state index in [-0.39, 0.29) is 17.8 Å². The van der Waals surface area contributed by atoms with Crippen LogP contribution in [0.15, 0.2) is 42.6 Å². The molecular formula is C16H14N2O4S. The minimum absolute atomic E-state index is 0.0419. The van der Waals surface area contributed by atoms with Gasteiger partial charge in [0, 0.05) is 18.3 Å². The highest BCUT2D eigenvalue weighted by Crippen LogP contribution is 2.35. The van der Waals surface area contributed by atoms with Gasteiger partial charge in [0.2, 0.25) is 21.6 Å². The van der Waals surface area contributed by atoms with Crippen molar-refractivity contribution in [2.24, 2.45) is 5.73 Å². The SMILES string of the molecule is CS(=O)(=O)n1cc(-c2ccccc2)c2c1C(CN)=CC(=O)C2=O. The molecule has 1 aromatic carbocycles. The highest BCUT2D eigenvalue weighted by Gasteiger charge is 2.34. The van der Waals surface area contributed by atoms with Crippen molar-refractivity contribution < 1.29 is 18.0 Å². The molecule has 0 atom stereocenters. The minimum Gasteiger partial charge on any atom is -0.326 e. The van der Waals surface area contributed by atoms with Crippen LogP contribution in [0.5, 0.6) is 0 Å². The second kappa shape index (κ2) is 5.29. The molecule has 6 nitrogen and oxygen atoms in total. The number of rotatable bonds is 3. The van der Waals surface area contributed by atoms with E-state index in [0.717, 1.165) is 16.3 Å². The van der Waals surface area contributed by atoms with Crippen LogP contribution in [0.25, 0.3) is 16.7 Å². The molecule has 0 spiro atoms. The Labute approximate surface area is 133 Å². The van der Waals surface area contributed by atoms with E-state index >= 15 is 0 Å². The van der Waals surface area contributed by atoms with Crippen molar-refractivity contribution in [3.63, 3.8) is 0 Å². The summed E-state index contributed by atoms with van der Waals surface area (Å²) in [6.45, 7) is -0.0419. The zero-order chi connectivity index (χ0) is 16.8. The fraction of sp³-hybridized carbons (Fsp3) is 0.125. The Kier molecular flexibility index (Phi) is 3.54. The van der Waals surface area contributed by atoms with E-state index in [0.29, 0.717) is 16.7 Å². The third-order valence-corrected chi connectivity index (χ3v) is 4.70. The van der Waals surface area contributed by atoms with E-state index in [1.54, 1.807) is 24.3 Å². The highest BCUT2D eigenvalue weighted by molar-refractivity contribution is 7.89. The van der Waals surface area contributed by atoms with Gasteiger partial charge < -0.3 is 5.73 Å². The standard InChI is InChI=1S/C16H14N2O4S/c1-23(21,22)18-9-12(10-5-3-2-4-6-10)14-15(18)11(8-17)7-13(19)16(14)20/h2-7,9H,8,17H2,1H3. The number of allylic oxidation sites excluding steroid dienone is 1. The molecule has 118 valence electrons. The molecule has 3 rings (SSSR count). The van der Waals surface area contributed by atoms with Gasteiger partial charge in [-0.3, -0.25) is 9.59 Å². The lowest BCUT2D eigenvalue weighted by Gasteiger charge is -2.15. The largest absolute Gasteiger partial charge is 0.326 e. The van der Waals surface area contributed by atoms with Crippen molar-refractivity contribution in [3.8, 4) is 11.1 Å². The van der Waals surface area contributed by atoms with Gasteiger partial charge in [0.15, 0.2) is 0 Å². The van der Waals surface area contributed by atoms with Gasteiger partial charge >= 0.3 is 0 Å². The van der Waals surface area contributed by atoms with E-state index < -0.39 is 21.6 Å². The number of carbonyl (C=O) groups excluding carboxylic acids is 2. The van der Waals surface area contributed by atoms with Crippen LogP contribution in [0, 0.1) is 0 Å². The lowest BCUT2D eigenvalue weighted by molar-refractivity contribution is -0.111. The molecule has 1 aliphatic carbocycles. The van der Waals surface area contributed by atoms with Crippen LogP contribution in [-0.4, -0.2) is 36.8 Å². The lowest BCUT2D eigenvalue weighted by atomic mass is 9.90. The topological polar surface area (TPSA) is 99.2 Å². The van der Waals surface area contributed by atoms with Gasteiger partial charge in [-0.1, -0.05) is 30.3 Å². The van der Waals surface area contributed by atoms with Gasteiger partial charge in [-0.25, -0.2) is 12.4 Å². The van der Waals surface area contributed by atoms with Crippen LogP contribution in [0.2, 0.25) is 0 Å². The smallest absolute Gasteiger partial charge is 0.236 e. The van der Waals surface area contributed by atoms with Crippen molar-refractivity contribution in [2.75, 3.05) is 12.8 Å². The number of ketones is 2. The van der Waals surface area contributed by atoms with Crippen LogP contribution in [0.4, 0.5) is 0 Å². The highest BCUT2D eigenvalue weighted by atomic mass is 32.2. The Morgan fingerprint density at radius 2 is 1.78 bits per heavy atom. The molecule has 0 radical (unpaired) electrons. The van der Waals surface area contributed by atoms with Crippen LogP contribution < -0.4 is 5.73 Å². The van der Waals surface area contributed by atoms with Crippen LogP contribution >= 0.6 is 0 Å². The molecule has 1 aliphatic rings. The summed E-state index contributed by atoms with van der Waals surface area (Å²) in [6, 6.07) is 8.85. The van der Waals surface area contributed by atoms with E-state index in [4.69, 9.17) is 5.73 Å². The zero-order valence-electron chi connectivity index (χ0n) is 12.3. The summed E-state index contributed by atoms with van der Waals surface area (Å²) >= 11 is 0. The van der Waals surface area contributed by atoms with E-state index in [9.17, 15) is 18.0 Å². The van der Waals surface area contributed by atoms with Crippen LogP contribution in [-0.2, 0) is 14.8 Å². The molecule has 0 bridgehead atoms. The first-order valence-electron chi connectivity index (χ1n) is 6.85. The Bertz CT molecular complexity index is 953. The molecule has 7 heteroatoms. The summed E-state index contributed by atoms with van der Waals surface area (Å²) < 4.78 is 25.2. The number of nitrogens with two attached hydrogens (primary N) is 1. The second-order valence-electron chi connectivity index (χ2n) is 5.26. The fourth-order valence-electron chi connectivity index (χ4n) is 2.69. The molecule has 0 aliphatic heterocycles. The van der Waals surface area contributed by atoms with Gasteiger partial charge in [0.1, 0.15) is 0 Å². The Morgan fingerprint density at radius 1 is 1.13 bits per heavy atom. The molecule has 0 fully saturated rings. The molecule has 2 aromatic rings. The average Bonchev–Trinajstić information content (AvgIpc) is 2.92. The van der Waals surface area contributed by atoms with Gasteiger partial charge in [0.25, 0.3) is 0 Å². The van der Waals surface area contributed by atoms with Crippen LogP contribution in [0.1, 0.15) is 16.1 Å². The Morgan fingerprint density at radius 3 is 2.35 bits per heavy atom. The summed E-state index contributed by atoms with van der Waals surface area (Å²) in [5, 5.41) is 0. The number of carbonyl (C=O) groups is 2. The molecule has 2 N–H and O–H groups in total. The fourth-order valence-corrected chi connectivity index (χ4v) is 3.52. The first-order valence-corrected chi connectivity index (χ1v) is 8.70. The Balaban J connectivity index is 2.43. The van der Waals surface area contributed by atoms with Crippen molar-refractivity contribution in [3.05, 3.63) is 53.9 Å². The number of Topliss-reactive ketones (excluding diaryl/α,β-unsaturated/α-hetero) is 1. The van der Waals surface area contributed by atoms with Gasteiger partial charge in [-0.15, -0.1) is 0 Å². The molecule has 1 heterocycles. The predicted octanol–water partition coefficient (Wildman–Crippen LogP) is 1.07. The van der Waals surface area contributed by atoms with E-state index in [2.05, 4.69) is 0 Å². The van der Waals surface area contributed by atoms with E-state index in [1.807, 2.05) is 6.07 Å². The molecule has 0 saturated heterocycles. The molecule has 0 unspecified atom stereocenters. The van der Waals surface area contributed by atoms with Crippen molar-refractivity contribution in [1.82, 2.24) is 3.97 Å². The third kappa shape index (κ3) is 2.43. The molecular weight excluding hydrogens is 316 g/mol. The normalized spacial score (nSPS) is 14.6. The number of hydrogen-bond donors (Lipinski definition) is 1. The van der Waals surface area contributed by atoms with Crippen LogP contribution in [0.3, 0.4) is 0 Å². The zero-order valence-corrected chi connectivity index (χ0v) is 13.1. The van der Waals surface area contributed by atoms with Gasteiger partial charge in [-0.2, -0.15) is 0 Å². The summed E-state index contributed by atoms with van der Waals surface area (Å²) in [5.41, 5.74) is 7.31. The molecule has 1 aromatic heterocycles. The van der Waals surface area contributed by atoms with E-state index in [1.165, 1.54) is 6.20 Å².